The molecule has 6 nitrogen and oxygen atoms in total. The van der Waals surface area contributed by atoms with Gasteiger partial charge < -0.3 is 23.5 Å². The fraction of sp³-hybridized carbons (Fsp3) is 0.370. The van der Waals surface area contributed by atoms with E-state index < -0.39 is 0 Å². The zero-order chi connectivity index (χ0) is 23.5. The predicted octanol–water partition coefficient (Wildman–Crippen LogP) is 5.69. The topological polar surface area (TPSA) is 61.1 Å². The lowest BCUT2D eigenvalue weighted by molar-refractivity contribution is 0.103. The van der Waals surface area contributed by atoms with Gasteiger partial charge in [0, 0.05) is 35.5 Å². The van der Waals surface area contributed by atoms with Gasteiger partial charge >= 0.3 is 0 Å². The third-order valence-electron chi connectivity index (χ3n) is 6.48. The van der Waals surface area contributed by atoms with Crippen molar-refractivity contribution in [2.45, 2.75) is 20.3 Å². The van der Waals surface area contributed by atoms with E-state index in [-0.39, 0.29) is 5.78 Å². The van der Waals surface area contributed by atoms with Crippen molar-refractivity contribution in [3.8, 4) is 28.6 Å². The van der Waals surface area contributed by atoms with Gasteiger partial charge in [-0.05, 0) is 60.7 Å². The van der Waals surface area contributed by atoms with Crippen LogP contribution in [-0.2, 0) is 0 Å². The SMILES string of the molecule is COc1cc(C(=O)c2cc(-c3ccco3)ccc2N2CCC(C(C)C)C2)cc(OC)c1OC. The molecule has 0 aliphatic carbocycles. The zero-order valence-corrected chi connectivity index (χ0v) is 19.9. The van der Waals surface area contributed by atoms with E-state index in [9.17, 15) is 4.79 Å². The van der Waals surface area contributed by atoms with Crippen molar-refractivity contribution < 1.29 is 23.4 Å². The molecule has 1 atom stereocenters. The average Bonchev–Trinajstić information content (AvgIpc) is 3.55. The second-order valence-corrected chi connectivity index (χ2v) is 8.69. The molecule has 0 bridgehead atoms. The number of carbonyl (C=O) groups is 1. The Morgan fingerprint density at radius 3 is 2.30 bits per heavy atom. The molecule has 2 heterocycles. The molecule has 3 aromatic rings. The van der Waals surface area contributed by atoms with E-state index in [4.69, 9.17) is 18.6 Å². The van der Waals surface area contributed by atoms with Crippen molar-refractivity contribution in [3.63, 3.8) is 0 Å². The van der Waals surface area contributed by atoms with Crippen LogP contribution in [0.5, 0.6) is 17.2 Å². The molecule has 2 aromatic carbocycles. The molecule has 33 heavy (non-hydrogen) atoms. The molecular weight excluding hydrogens is 418 g/mol. The minimum Gasteiger partial charge on any atom is -0.493 e. The second kappa shape index (κ2) is 9.61. The summed E-state index contributed by atoms with van der Waals surface area (Å²) in [6, 6.07) is 13.1. The summed E-state index contributed by atoms with van der Waals surface area (Å²) in [7, 11) is 4.64. The lowest BCUT2D eigenvalue weighted by atomic mass is 9.95. The summed E-state index contributed by atoms with van der Waals surface area (Å²) >= 11 is 0. The molecule has 1 aromatic heterocycles. The molecule has 1 fully saturated rings. The minimum atomic E-state index is -0.106. The van der Waals surface area contributed by atoms with Gasteiger partial charge in [0.1, 0.15) is 5.76 Å². The zero-order valence-electron chi connectivity index (χ0n) is 19.9. The maximum absolute atomic E-state index is 13.9. The van der Waals surface area contributed by atoms with Crippen LogP contribution in [0.1, 0.15) is 36.2 Å². The Balaban J connectivity index is 1.81. The summed E-state index contributed by atoms with van der Waals surface area (Å²) in [5, 5.41) is 0. The lowest BCUT2D eigenvalue weighted by Gasteiger charge is -2.23. The molecule has 0 N–H and O–H groups in total. The summed E-state index contributed by atoms with van der Waals surface area (Å²) in [5.41, 5.74) is 2.90. The highest BCUT2D eigenvalue weighted by molar-refractivity contribution is 6.13. The average molecular weight is 450 g/mol. The molecule has 0 radical (unpaired) electrons. The van der Waals surface area contributed by atoms with E-state index in [1.54, 1.807) is 39.7 Å². The van der Waals surface area contributed by atoms with Gasteiger partial charge in [0.05, 0.1) is 27.6 Å². The monoisotopic (exact) mass is 449 g/mol. The van der Waals surface area contributed by atoms with Gasteiger partial charge in [-0.1, -0.05) is 13.8 Å². The van der Waals surface area contributed by atoms with Gasteiger partial charge in [-0.15, -0.1) is 0 Å². The number of carbonyl (C=O) groups excluding carboxylic acids is 1. The Labute approximate surface area is 195 Å². The number of hydrogen-bond acceptors (Lipinski definition) is 6. The molecule has 4 rings (SSSR count). The van der Waals surface area contributed by atoms with Gasteiger partial charge in [-0.3, -0.25) is 4.79 Å². The molecule has 174 valence electrons. The van der Waals surface area contributed by atoms with E-state index in [1.807, 2.05) is 30.3 Å². The molecule has 0 saturated carbocycles. The van der Waals surface area contributed by atoms with Crippen LogP contribution in [0.2, 0.25) is 0 Å². The third kappa shape index (κ3) is 4.42. The molecule has 1 aliphatic heterocycles. The lowest BCUT2D eigenvalue weighted by Crippen LogP contribution is -2.23. The molecule has 0 amide bonds. The first-order valence-corrected chi connectivity index (χ1v) is 11.2. The number of rotatable bonds is 8. The Kier molecular flexibility index (Phi) is 6.63. The van der Waals surface area contributed by atoms with Crippen molar-refractivity contribution >= 4 is 11.5 Å². The number of hydrogen-bond donors (Lipinski definition) is 0. The third-order valence-corrected chi connectivity index (χ3v) is 6.48. The fourth-order valence-corrected chi connectivity index (χ4v) is 4.51. The Morgan fingerprint density at radius 2 is 1.76 bits per heavy atom. The highest BCUT2D eigenvalue weighted by Gasteiger charge is 2.29. The number of methoxy groups -OCH3 is 3. The maximum atomic E-state index is 13.9. The smallest absolute Gasteiger partial charge is 0.203 e. The number of ketones is 1. The van der Waals surface area contributed by atoms with Crippen molar-refractivity contribution in [1.82, 2.24) is 0 Å². The normalized spacial score (nSPS) is 15.7. The number of ether oxygens (including phenoxy) is 3. The fourth-order valence-electron chi connectivity index (χ4n) is 4.51. The summed E-state index contributed by atoms with van der Waals surface area (Å²) in [6.45, 7) is 6.39. The predicted molar refractivity (Wildman–Crippen MR) is 129 cm³/mol. The van der Waals surface area contributed by atoms with Crippen molar-refractivity contribution in [2.24, 2.45) is 11.8 Å². The maximum Gasteiger partial charge on any atom is 0.203 e. The van der Waals surface area contributed by atoms with Gasteiger partial charge in [-0.2, -0.15) is 0 Å². The Morgan fingerprint density at radius 1 is 1.03 bits per heavy atom. The van der Waals surface area contributed by atoms with Gasteiger partial charge in [-0.25, -0.2) is 0 Å². The quantitative estimate of drug-likeness (QED) is 0.412. The second-order valence-electron chi connectivity index (χ2n) is 8.69. The summed E-state index contributed by atoms with van der Waals surface area (Å²) in [4.78, 5) is 16.2. The minimum absolute atomic E-state index is 0.106. The summed E-state index contributed by atoms with van der Waals surface area (Å²) < 4.78 is 22.0. The van der Waals surface area contributed by atoms with Gasteiger partial charge in [0.25, 0.3) is 0 Å². The summed E-state index contributed by atoms with van der Waals surface area (Å²) in [5.74, 6) is 3.19. The summed E-state index contributed by atoms with van der Waals surface area (Å²) in [6.07, 6.45) is 2.76. The number of furan rings is 1. The molecule has 6 heteroatoms. The standard InChI is InChI=1S/C27H31NO5/c1-17(2)19-10-11-28(16-19)22-9-8-18(23-7-6-12-33-23)13-21(22)26(29)20-14-24(30-3)27(32-5)25(15-20)31-4/h6-9,12-15,17,19H,10-11,16H2,1-5H3. The number of nitrogens with zero attached hydrogens (tertiary/aromatic N) is 1. The largest absolute Gasteiger partial charge is 0.493 e. The van der Waals surface area contributed by atoms with E-state index in [0.717, 1.165) is 36.5 Å². The first-order chi connectivity index (χ1) is 16.0. The van der Waals surface area contributed by atoms with Gasteiger partial charge in [0.2, 0.25) is 5.75 Å². The molecule has 1 unspecified atom stereocenters. The van der Waals surface area contributed by atoms with Gasteiger partial charge in [0.15, 0.2) is 17.3 Å². The van der Waals surface area contributed by atoms with Crippen molar-refractivity contribution in [3.05, 3.63) is 59.9 Å². The van der Waals surface area contributed by atoms with Crippen LogP contribution >= 0.6 is 0 Å². The van der Waals surface area contributed by atoms with Crippen molar-refractivity contribution in [1.29, 1.82) is 0 Å². The van der Waals surface area contributed by atoms with E-state index in [2.05, 4.69) is 18.7 Å². The molecule has 1 aliphatic rings. The molecule has 0 spiro atoms. The first kappa shape index (κ1) is 22.8. The Hall–Kier alpha value is -3.41. The molecule has 1 saturated heterocycles. The van der Waals surface area contributed by atoms with E-state index in [1.165, 1.54) is 0 Å². The number of benzene rings is 2. The van der Waals surface area contributed by atoms with E-state index >= 15 is 0 Å². The van der Waals surface area contributed by atoms with Crippen LogP contribution < -0.4 is 19.1 Å². The van der Waals surface area contributed by atoms with Crippen LogP contribution in [-0.4, -0.2) is 40.2 Å². The van der Waals surface area contributed by atoms with Crippen LogP contribution in [0.15, 0.2) is 53.1 Å². The first-order valence-electron chi connectivity index (χ1n) is 11.2. The van der Waals surface area contributed by atoms with Crippen LogP contribution in [0.25, 0.3) is 11.3 Å². The highest BCUT2D eigenvalue weighted by Crippen LogP contribution is 2.40. The van der Waals surface area contributed by atoms with Crippen LogP contribution in [0.4, 0.5) is 5.69 Å². The molecular formula is C27H31NO5. The van der Waals surface area contributed by atoms with Crippen LogP contribution in [0.3, 0.4) is 0 Å². The highest BCUT2D eigenvalue weighted by atomic mass is 16.5. The van der Waals surface area contributed by atoms with Crippen LogP contribution in [0, 0.1) is 11.8 Å². The number of anilines is 1. The van der Waals surface area contributed by atoms with Crippen molar-refractivity contribution in [2.75, 3.05) is 39.3 Å². The van der Waals surface area contributed by atoms with E-state index in [0.29, 0.717) is 40.2 Å². The Bertz CT molecular complexity index is 1090.